The lowest BCUT2D eigenvalue weighted by Gasteiger charge is -2.16. The molecule has 0 spiro atoms. The molecule has 0 amide bonds. The number of rotatable bonds is 8. The van der Waals surface area contributed by atoms with Gasteiger partial charge in [-0.25, -0.2) is 9.78 Å². The largest absolute Gasteiger partial charge is 0.439 e. The number of aryl methyl sites for hydroxylation is 1. The molecule has 0 aliphatic carbocycles. The Balaban J connectivity index is 1.36. The van der Waals surface area contributed by atoms with Crippen molar-refractivity contribution < 1.29 is 19.0 Å². The molecule has 2 atom stereocenters. The number of carbonyl (C=O) groups excluding carboxylic acids is 1. The van der Waals surface area contributed by atoms with Crippen molar-refractivity contribution >= 4 is 17.7 Å². The molecule has 0 radical (unpaired) electrons. The van der Waals surface area contributed by atoms with Gasteiger partial charge in [-0.05, 0) is 48.6 Å². The predicted octanol–water partition coefficient (Wildman–Crippen LogP) is 7.29. The molecule has 3 aromatic carbocycles. The average Bonchev–Trinajstić information content (AvgIpc) is 3.55. The molecule has 178 valence electrons. The lowest BCUT2D eigenvalue weighted by molar-refractivity contribution is -0.210. The molecule has 1 saturated heterocycles. The first-order valence-electron chi connectivity index (χ1n) is 11.8. The van der Waals surface area contributed by atoms with Crippen molar-refractivity contribution in [2.75, 3.05) is 5.75 Å². The van der Waals surface area contributed by atoms with Gasteiger partial charge in [0.2, 0.25) is 5.89 Å². The molecule has 1 aliphatic heterocycles. The molecule has 6 heteroatoms. The summed E-state index contributed by atoms with van der Waals surface area (Å²) in [6.45, 7) is 1.32. The van der Waals surface area contributed by atoms with Crippen molar-refractivity contribution in [1.82, 2.24) is 4.98 Å². The van der Waals surface area contributed by atoms with Gasteiger partial charge in [-0.2, -0.15) is 0 Å². The lowest BCUT2D eigenvalue weighted by atomic mass is 9.94. The van der Waals surface area contributed by atoms with E-state index in [1.807, 2.05) is 60.3 Å². The Hall–Kier alpha value is -3.51. The van der Waals surface area contributed by atoms with Crippen LogP contribution in [0.25, 0.3) is 22.6 Å². The normalized spacial score (nSPS) is 17.3. The van der Waals surface area contributed by atoms with Crippen molar-refractivity contribution in [3.63, 3.8) is 0 Å². The number of oxazole rings is 1. The smallest absolute Gasteiger partial charge is 0.352 e. The summed E-state index contributed by atoms with van der Waals surface area (Å²) in [6.07, 6.45) is 3.04. The molecule has 35 heavy (non-hydrogen) atoms. The van der Waals surface area contributed by atoms with E-state index in [1.54, 1.807) is 6.07 Å². The summed E-state index contributed by atoms with van der Waals surface area (Å²) in [4.78, 5) is 25.8. The molecule has 5 nitrogen and oxygen atoms in total. The van der Waals surface area contributed by atoms with E-state index in [0.717, 1.165) is 59.1 Å². The molecule has 4 aromatic rings. The van der Waals surface area contributed by atoms with Crippen molar-refractivity contribution in [2.24, 2.45) is 5.92 Å². The number of hydrogen-bond donors (Lipinski definition) is 0. The van der Waals surface area contributed by atoms with Crippen LogP contribution in [0.5, 0.6) is 5.75 Å². The van der Waals surface area contributed by atoms with Gasteiger partial charge in [-0.15, -0.1) is 11.8 Å². The van der Waals surface area contributed by atoms with Gasteiger partial charge in [-0.1, -0.05) is 72.8 Å². The number of hydrogen-bond acceptors (Lipinski definition) is 6. The van der Waals surface area contributed by atoms with E-state index in [1.165, 1.54) is 6.92 Å². The van der Waals surface area contributed by atoms with E-state index in [9.17, 15) is 4.79 Å². The zero-order valence-corrected chi connectivity index (χ0v) is 20.4. The van der Waals surface area contributed by atoms with Gasteiger partial charge in [0.1, 0.15) is 5.69 Å². The maximum absolute atomic E-state index is 11.0. The fourth-order valence-corrected chi connectivity index (χ4v) is 5.93. The van der Waals surface area contributed by atoms with Gasteiger partial charge in [0.25, 0.3) is 0 Å². The maximum Gasteiger partial charge on any atom is 0.352 e. The number of benzene rings is 3. The Labute approximate surface area is 209 Å². The van der Waals surface area contributed by atoms with E-state index in [0.29, 0.717) is 11.7 Å². The molecular weight excluding hydrogens is 458 g/mol. The standard InChI is InChI=1S/C29H27NO4S/c1-20(31)33-34-25-14-8-9-21(19-25)15-16-24-17-18-35-28(24)29-30-26(22-10-4-2-5-11-22)27(32-29)23-12-6-3-7-13-23/h2-14,19,24,28H,15-18H2,1H3. The summed E-state index contributed by atoms with van der Waals surface area (Å²) < 4.78 is 6.49. The highest BCUT2D eigenvalue weighted by Gasteiger charge is 2.34. The lowest BCUT2D eigenvalue weighted by Crippen LogP contribution is -2.07. The monoisotopic (exact) mass is 485 g/mol. The summed E-state index contributed by atoms with van der Waals surface area (Å²) in [5, 5.41) is 0.218. The van der Waals surface area contributed by atoms with Crippen molar-refractivity contribution in [2.45, 2.75) is 31.4 Å². The third kappa shape index (κ3) is 5.60. The Morgan fingerprint density at radius 2 is 1.74 bits per heavy atom. The Morgan fingerprint density at radius 3 is 2.49 bits per heavy atom. The van der Waals surface area contributed by atoms with Crippen LogP contribution < -0.4 is 4.89 Å². The molecule has 1 aromatic heterocycles. The quantitative estimate of drug-likeness (QED) is 0.193. The van der Waals surface area contributed by atoms with Crippen LogP contribution in [-0.4, -0.2) is 16.7 Å². The van der Waals surface area contributed by atoms with E-state index in [2.05, 4.69) is 35.2 Å². The van der Waals surface area contributed by atoms with Crippen LogP contribution in [0.15, 0.2) is 89.3 Å². The number of aromatic nitrogens is 1. The molecule has 0 saturated carbocycles. The number of nitrogens with zero attached hydrogens (tertiary/aromatic N) is 1. The summed E-state index contributed by atoms with van der Waals surface area (Å²) in [6, 6.07) is 28.1. The van der Waals surface area contributed by atoms with Crippen LogP contribution in [-0.2, 0) is 16.1 Å². The molecule has 1 fully saturated rings. The molecule has 0 bridgehead atoms. The second-order valence-electron chi connectivity index (χ2n) is 8.65. The van der Waals surface area contributed by atoms with Crippen molar-refractivity contribution in [1.29, 1.82) is 0 Å². The Bertz CT molecular complexity index is 1220. The molecule has 1 aliphatic rings. The zero-order valence-electron chi connectivity index (χ0n) is 19.6. The van der Waals surface area contributed by atoms with Crippen LogP contribution in [0.1, 0.15) is 36.5 Å². The van der Waals surface area contributed by atoms with Crippen LogP contribution in [0, 0.1) is 5.92 Å². The Morgan fingerprint density at radius 1 is 1.00 bits per heavy atom. The highest BCUT2D eigenvalue weighted by atomic mass is 32.2. The number of thioether (sulfide) groups is 1. The molecule has 0 N–H and O–H groups in total. The van der Waals surface area contributed by atoms with Gasteiger partial charge >= 0.3 is 5.97 Å². The van der Waals surface area contributed by atoms with Crippen molar-refractivity contribution in [3.05, 3.63) is 96.4 Å². The first-order chi connectivity index (χ1) is 17.2. The second-order valence-corrected chi connectivity index (χ2v) is 9.90. The van der Waals surface area contributed by atoms with Gasteiger partial charge in [0, 0.05) is 18.1 Å². The topological polar surface area (TPSA) is 61.6 Å². The van der Waals surface area contributed by atoms with Gasteiger partial charge in [-0.3, -0.25) is 9.78 Å². The van der Waals surface area contributed by atoms with Crippen LogP contribution >= 0.6 is 11.8 Å². The minimum absolute atomic E-state index is 0.218. The molecule has 2 heterocycles. The zero-order chi connectivity index (χ0) is 24.0. The molecule has 5 rings (SSSR count). The highest BCUT2D eigenvalue weighted by molar-refractivity contribution is 7.99. The SMILES string of the molecule is CC(=O)OOc1cccc(CCC2CCSC2c2nc(-c3ccccc3)c(-c3ccccc3)o2)c1. The van der Waals surface area contributed by atoms with E-state index in [4.69, 9.17) is 14.3 Å². The van der Waals surface area contributed by atoms with Gasteiger partial charge in [0.05, 0.1) is 5.25 Å². The second kappa shape index (κ2) is 10.8. The van der Waals surface area contributed by atoms with Gasteiger partial charge in [0.15, 0.2) is 11.5 Å². The fraction of sp³-hybridized carbons (Fsp3) is 0.241. The van der Waals surface area contributed by atoms with E-state index in [-0.39, 0.29) is 5.25 Å². The van der Waals surface area contributed by atoms with E-state index < -0.39 is 5.97 Å². The van der Waals surface area contributed by atoms with Crippen LogP contribution in [0.4, 0.5) is 0 Å². The first kappa shape index (κ1) is 23.2. The fourth-order valence-electron chi connectivity index (χ4n) is 4.45. The highest BCUT2D eigenvalue weighted by Crippen LogP contribution is 2.48. The predicted molar refractivity (Wildman–Crippen MR) is 138 cm³/mol. The number of carbonyl (C=O) groups is 1. The summed E-state index contributed by atoms with van der Waals surface area (Å²) in [7, 11) is 0. The van der Waals surface area contributed by atoms with Gasteiger partial charge < -0.3 is 4.42 Å². The third-order valence-electron chi connectivity index (χ3n) is 6.14. The maximum atomic E-state index is 11.0. The average molecular weight is 486 g/mol. The minimum atomic E-state index is -0.475. The minimum Gasteiger partial charge on any atom is -0.439 e. The van der Waals surface area contributed by atoms with Crippen LogP contribution in [0.3, 0.4) is 0 Å². The molecule has 2 unspecified atom stereocenters. The summed E-state index contributed by atoms with van der Waals surface area (Å²) in [5.74, 6) is 3.24. The summed E-state index contributed by atoms with van der Waals surface area (Å²) >= 11 is 1.93. The molecular formula is C29H27NO4S. The Kier molecular flexibility index (Phi) is 7.19. The van der Waals surface area contributed by atoms with Crippen LogP contribution in [0.2, 0.25) is 0 Å². The third-order valence-corrected chi connectivity index (χ3v) is 7.56. The summed E-state index contributed by atoms with van der Waals surface area (Å²) in [5.41, 5.74) is 4.14. The van der Waals surface area contributed by atoms with E-state index >= 15 is 0 Å². The van der Waals surface area contributed by atoms with Crippen molar-refractivity contribution in [3.8, 4) is 28.3 Å². The first-order valence-corrected chi connectivity index (χ1v) is 12.9.